The van der Waals surface area contributed by atoms with E-state index in [1.165, 1.54) is 6.08 Å². The molecular formula is C17H17BrN2O. The highest BCUT2D eigenvalue weighted by Crippen LogP contribution is 2.16. The molecule has 0 bridgehead atoms. The summed E-state index contributed by atoms with van der Waals surface area (Å²) in [5, 5.41) is 2.93. The van der Waals surface area contributed by atoms with Crippen LogP contribution in [0, 0.1) is 0 Å². The van der Waals surface area contributed by atoms with Gasteiger partial charge in [0.2, 0.25) is 5.91 Å². The molecule has 0 radical (unpaired) electrons. The van der Waals surface area contributed by atoms with Gasteiger partial charge in [-0.25, -0.2) is 0 Å². The van der Waals surface area contributed by atoms with Gasteiger partial charge in [0.05, 0.1) is 6.04 Å². The minimum absolute atomic E-state index is 0.0401. The van der Waals surface area contributed by atoms with E-state index in [1.807, 2.05) is 55.5 Å². The van der Waals surface area contributed by atoms with Crippen molar-refractivity contribution >= 4 is 33.6 Å². The third kappa shape index (κ3) is 4.76. The average molecular weight is 345 g/mol. The lowest BCUT2D eigenvalue weighted by atomic mass is 10.1. The largest absolute Gasteiger partial charge is 0.399 e. The number of anilines is 1. The maximum Gasteiger partial charge on any atom is 0.244 e. The number of hydrogen-bond donors (Lipinski definition) is 2. The van der Waals surface area contributed by atoms with E-state index in [2.05, 4.69) is 21.2 Å². The average Bonchev–Trinajstić information content (AvgIpc) is 2.47. The highest BCUT2D eigenvalue weighted by molar-refractivity contribution is 9.10. The predicted molar refractivity (Wildman–Crippen MR) is 90.6 cm³/mol. The Balaban J connectivity index is 1.94. The molecule has 108 valence electrons. The molecule has 4 heteroatoms. The Morgan fingerprint density at radius 1 is 1.14 bits per heavy atom. The SMILES string of the molecule is C[C@H](NC(=O)/C=C/c1ccc(N)cc1)c1ccc(Br)cc1. The molecule has 1 amide bonds. The molecule has 0 spiro atoms. The molecule has 3 nitrogen and oxygen atoms in total. The number of amides is 1. The Labute approximate surface area is 133 Å². The molecule has 0 aliphatic rings. The lowest BCUT2D eigenvalue weighted by Gasteiger charge is -2.12. The zero-order valence-corrected chi connectivity index (χ0v) is 13.3. The summed E-state index contributed by atoms with van der Waals surface area (Å²) in [6.07, 6.45) is 3.30. The summed E-state index contributed by atoms with van der Waals surface area (Å²) >= 11 is 3.39. The number of carbonyl (C=O) groups is 1. The van der Waals surface area contributed by atoms with Crippen molar-refractivity contribution in [3.63, 3.8) is 0 Å². The van der Waals surface area contributed by atoms with Crippen molar-refractivity contribution in [2.45, 2.75) is 13.0 Å². The van der Waals surface area contributed by atoms with E-state index in [9.17, 15) is 4.79 Å². The zero-order valence-electron chi connectivity index (χ0n) is 11.7. The molecule has 0 aliphatic carbocycles. The van der Waals surface area contributed by atoms with Gasteiger partial charge in [0.1, 0.15) is 0 Å². The van der Waals surface area contributed by atoms with Crippen LogP contribution in [0.5, 0.6) is 0 Å². The highest BCUT2D eigenvalue weighted by Gasteiger charge is 2.06. The first-order valence-corrected chi connectivity index (χ1v) is 7.43. The number of nitrogens with one attached hydrogen (secondary N) is 1. The fraction of sp³-hybridized carbons (Fsp3) is 0.118. The second kappa shape index (κ2) is 7.09. The second-order valence-corrected chi connectivity index (χ2v) is 5.70. The number of hydrogen-bond acceptors (Lipinski definition) is 2. The van der Waals surface area contributed by atoms with E-state index in [-0.39, 0.29) is 11.9 Å². The van der Waals surface area contributed by atoms with E-state index in [4.69, 9.17) is 5.73 Å². The van der Waals surface area contributed by atoms with Crippen molar-refractivity contribution in [2.24, 2.45) is 0 Å². The van der Waals surface area contributed by atoms with Gasteiger partial charge in [-0.2, -0.15) is 0 Å². The summed E-state index contributed by atoms with van der Waals surface area (Å²) in [5.41, 5.74) is 8.33. The lowest BCUT2D eigenvalue weighted by Crippen LogP contribution is -2.24. The first-order chi connectivity index (χ1) is 10.0. The molecular weight excluding hydrogens is 328 g/mol. The summed E-state index contributed by atoms with van der Waals surface area (Å²) in [5.74, 6) is -0.123. The van der Waals surface area contributed by atoms with E-state index < -0.39 is 0 Å². The molecule has 21 heavy (non-hydrogen) atoms. The van der Waals surface area contributed by atoms with Gasteiger partial charge in [-0.05, 0) is 48.4 Å². The summed E-state index contributed by atoms with van der Waals surface area (Å²) in [6, 6.07) is 15.2. The van der Waals surface area contributed by atoms with Gasteiger partial charge in [-0.1, -0.05) is 40.2 Å². The van der Waals surface area contributed by atoms with Crippen molar-refractivity contribution in [3.05, 3.63) is 70.2 Å². The van der Waals surface area contributed by atoms with Crippen LogP contribution in [0.3, 0.4) is 0 Å². The van der Waals surface area contributed by atoms with Gasteiger partial charge < -0.3 is 11.1 Å². The Hall–Kier alpha value is -2.07. The number of nitrogens with two attached hydrogens (primary N) is 1. The van der Waals surface area contributed by atoms with E-state index in [0.29, 0.717) is 5.69 Å². The van der Waals surface area contributed by atoms with Crippen LogP contribution in [0.1, 0.15) is 24.1 Å². The normalized spacial score (nSPS) is 12.3. The molecule has 2 rings (SSSR count). The summed E-state index contributed by atoms with van der Waals surface area (Å²) in [4.78, 5) is 11.9. The fourth-order valence-corrected chi connectivity index (χ4v) is 2.14. The molecule has 0 aliphatic heterocycles. The van der Waals surface area contributed by atoms with E-state index >= 15 is 0 Å². The molecule has 0 saturated carbocycles. The van der Waals surface area contributed by atoms with Crippen LogP contribution in [-0.4, -0.2) is 5.91 Å². The maximum atomic E-state index is 11.9. The third-order valence-electron chi connectivity index (χ3n) is 3.09. The van der Waals surface area contributed by atoms with Crippen LogP contribution in [0.2, 0.25) is 0 Å². The molecule has 2 aromatic carbocycles. The lowest BCUT2D eigenvalue weighted by molar-refractivity contribution is -0.117. The minimum Gasteiger partial charge on any atom is -0.399 e. The molecule has 0 unspecified atom stereocenters. The smallest absolute Gasteiger partial charge is 0.244 e. The van der Waals surface area contributed by atoms with Crippen molar-refractivity contribution in [1.82, 2.24) is 5.32 Å². The van der Waals surface area contributed by atoms with Crippen LogP contribution in [0.15, 0.2) is 59.1 Å². The van der Waals surface area contributed by atoms with Crippen molar-refractivity contribution in [2.75, 3.05) is 5.73 Å². The van der Waals surface area contributed by atoms with Gasteiger partial charge in [-0.3, -0.25) is 4.79 Å². The highest BCUT2D eigenvalue weighted by atomic mass is 79.9. The first kappa shape index (κ1) is 15.3. The molecule has 0 aromatic heterocycles. The Morgan fingerprint density at radius 3 is 2.38 bits per heavy atom. The molecule has 0 saturated heterocycles. The van der Waals surface area contributed by atoms with Gasteiger partial charge in [0.15, 0.2) is 0 Å². The molecule has 3 N–H and O–H groups in total. The monoisotopic (exact) mass is 344 g/mol. The number of halogens is 1. The molecule has 0 heterocycles. The van der Waals surface area contributed by atoms with Gasteiger partial charge in [0, 0.05) is 16.2 Å². The second-order valence-electron chi connectivity index (χ2n) is 4.78. The van der Waals surface area contributed by atoms with Crippen molar-refractivity contribution < 1.29 is 4.79 Å². The third-order valence-corrected chi connectivity index (χ3v) is 3.62. The van der Waals surface area contributed by atoms with Crippen LogP contribution in [0.25, 0.3) is 6.08 Å². The Kier molecular flexibility index (Phi) is 5.17. The van der Waals surface area contributed by atoms with E-state index in [0.717, 1.165) is 15.6 Å². The van der Waals surface area contributed by atoms with Crippen molar-refractivity contribution in [3.8, 4) is 0 Å². The molecule has 0 fully saturated rings. The zero-order chi connectivity index (χ0) is 15.2. The maximum absolute atomic E-state index is 11.9. The van der Waals surface area contributed by atoms with Gasteiger partial charge >= 0.3 is 0 Å². The standard InChI is InChI=1S/C17H17BrN2O/c1-12(14-5-7-15(18)8-6-14)20-17(21)11-4-13-2-9-16(19)10-3-13/h2-12H,19H2,1H3,(H,20,21)/b11-4+/t12-/m0/s1. The number of benzene rings is 2. The van der Waals surface area contributed by atoms with Gasteiger partial charge in [-0.15, -0.1) is 0 Å². The summed E-state index contributed by atoms with van der Waals surface area (Å²) < 4.78 is 1.02. The summed E-state index contributed by atoms with van der Waals surface area (Å²) in [6.45, 7) is 1.96. The minimum atomic E-state index is -0.123. The number of carbonyl (C=O) groups excluding carboxylic acids is 1. The number of rotatable bonds is 4. The van der Waals surface area contributed by atoms with Gasteiger partial charge in [0.25, 0.3) is 0 Å². The molecule has 1 atom stereocenters. The van der Waals surface area contributed by atoms with Crippen LogP contribution >= 0.6 is 15.9 Å². The number of nitrogen functional groups attached to an aromatic ring is 1. The first-order valence-electron chi connectivity index (χ1n) is 6.64. The van der Waals surface area contributed by atoms with Crippen molar-refractivity contribution in [1.29, 1.82) is 0 Å². The predicted octanol–water partition coefficient (Wildman–Crippen LogP) is 3.92. The Bertz CT molecular complexity index is 633. The summed E-state index contributed by atoms with van der Waals surface area (Å²) in [7, 11) is 0. The van der Waals surface area contributed by atoms with Crippen LogP contribution in [-0.2, 0) is 4.79 Å². The topological polar surface area (TPSA) is 55.1 Å². The quantitative estimate of drug-likeness (QED) is 0.652. The fourth-order valence-electron chi connectivity index (χ4n) is 1.88. The van der Waals surface area contributed by atoms with Crippen LogP contribution in [0.4, 0.5) is 5.69 Å². The Morgan fingerprint density at radius 2 is 1.76 bits per heavy atom. The van der Waals surface area contributed by atoms with Crippen LogP contribution < -0.4 is 11.1 Å². The molecule has 2 aromatic rings. The van der Waals surface area contributed by atoms with E-state index in [1.54, 1.807) is 6.08 Å².